The van der Waals surface area contributed by atoms with Crippen molar-refractivity contribution in [3.8, 4) is 22.4 Å². The van der Waals surface area contributed by atoms with Gasteiger partial charge in [-0.3, -0.25) is 10.1 Å². The summed E-state index contributed by atoms with van der Waals surface area (Å²) in [5.74, 6) is 0. The third kappa shape index (κ3) is 4.85. The quantitative estimate of drug-likeness (QED) is 0.244. The minimum Gasteiger partial charge on any atom is -0.382 e. The summed E-state index contributed by atoms with van der Waals surface area (Å²) in [6.07, 6.45) is 1.94. The minimum absolute atomic E-state index is 0.0203. The van der Waals surface area contributed by atoms with E-state index in [9.17, 15) is 0 Å². The van der Waals surface area contributed by atoms with Crippen LogP contribution in [-0.2, 0) is 0 Å². The monoisotopic (exact) mass is 464 g/mol. The Morgan fingerprint density at radius 3 is 2.38 bits per heavy atom. The number of benzene rings is 3. The highest BCUT2D eigenvalue weighted by Crippen LogP contribution is 2.36. The Balaban J connectivity index is 1.48. The second kappa shape index (κ2) is 9.35. The molecule has 3 aromatic carbocycles. The van der Waals surface area contributed by atoms with Gasteiger partial charge in [0.05, 0.1) is 28.8 Å². The van der Waals surface area contributed by atoms with E-state index in [0.29, 0.717) is 0 Å². The lowest BCUT2D eigenvalue weighted by molar-refractivity contribution is 0.749. The molecule has 0 amide bonds. The molecule has 0 fully saturated rings. The lowest BCUT2D eigenvalue weighted by atomic mass is 9.97. The molecular formula is C29H28N4S. The lowest BCUT2D eigenvalue weighted by Gasteiger charge is -2.25. The molecule has 5 aromatic rings. The summed E-state index contributed by atoms with van der Waals surface area (Å²) in [5, 5.41) is 12.2. The fourth-order valence-corrected chi connectivity index (χ4v) is 5.15. The number of H-pyrrole nitrogens is 1. The van der Waals surface area contributed by atoms with E-state index in [1.807, 2.05) is 30.9 Å². The van der Waals surface area contributed by atoms with Gasteiger partial charge in [0.25, 0.3) is 0 Å². The van der Waals surface area contributed by atoms with Gasteiger partial charge >= 0.3 is 0 Å². The van der Waals surface area contributed by atoms with Crippen LogP contribution in [0.1, 0.15) is 19.5 Å². The van der Waals surface area contributed by atoms with E-state index in [1.165, 1.54) is 4.90 Å². The van der Waals surface area contributed by atoms with Gasteiger partial charge in [-0.2, -0.15) is 5.10 Å². The Morgan fingerprint density at radius 2 is 1.62 bits per heavy atom. The zero-order valence-corrected chi connectivity index (χ0v) is 20.5. The molecule has 2 aromatic heterocycles. The van der Waals surface area contributed by atoms with Gasteiger partial charge in [-0.05, 0) is 56.7 Å². The van der Waals surface area contributed by atoms with Crippen LogP contribution in [0.15, 0.2) is 96.0 Å². The van der Waals surface area contributed by atoms with Crippen LogP contribution < -0.4 is 5.32 Å². The van der Waals surface area contributed by atoms with Gasteiger partial charge in [-0.15, -0.1) is 11.8 Å². The van der Waals surface area contributed by atoms with E-state index >= 15 is 0 Å². The Bertz CT molecular complexity index is 1410. The van der Waals surface area contributed by atoms with Gasteiger partial charge in [-0.25, -0.2) is 0 Å². The van der Waals surface area contributed by atoms with E-state index in [-0.39, 0.29) is 4.75 Å². The molecular weight excluding hydrogens is 436 g/mol. The van der Waals surface area contributed by atoms with E-state index in [4.69, 9.17) is 4.98 Å². The third-order valence-corrected chi connectivity index (χ3v) is 7.06. The molecule has 5 rings (SSSR count). The normalized spacial score (nSPS) is 11.6. The van der Waals surface area contributed by atoms with Crippen LogP contribution in [0.3, 0.4) is 0 Å². The van der Waals surface area contributed by atoms with Crippen molar-refractivity contribution in [3.05, 3.63) is 96.8 Å². The third-order valence-electron chi connectivity index (χ3n) is 5.85. The first kappa shape index (κ1) is 22.2. The van der Waals surface area contributed by atoms with Crippen LogP contribution in [0.25, 0.3) is 33.3 Å². The molecule has 0 atom stereocenters. The molecule has 0 unspecified atom stereocenters. The Labute approximate surface area is 204 Å². The summed E-state index contributed by atoms with van der Waals surface area (Å²) >= 11 is 1.88. The number of rotatable bonds is 7. The number of nitrogens with one attached hydrogen (secondary N) is 2. The van der Waals surface area contributed by atoms with Crippen LogP contribution >= 0.6 is 11.8 Å². The molecule has 0 aliphatic heterocycles. The molecule has 0 aliphatic rings. The van der Waals surface area contributed by atoms with Gasteiger partial charge in [0, 0.05) is 32.7 Å². The molecule has 0 radical (unpaired) electrons. The fourth-order valence-electron chi connectivity index (χ4n) is 4.08. The molecule has 0 spiro atoms. The first-order valence-corrected chi connectivity index (χ1v) is 12.3. The smallest absolute Gasteiger partial charge is 0.0781 e. The van der Waals surface area contributed by atoms with Crippen molar-refractivity contribution in [3.63, 3.8) is 0 Å². The average Bonchev–Trinajstić information content (AvgIpc) is 3.23. The number of pyridine rings is 1. The molecule has 0 saturated carbocycles. The Kier molecular flexibility index (Phi) is 6.12. The predicted octanol–water partition coefficient (Wildman–Crippen LogP) is 7.58. The van der Waals surface area contributed by atoms with Gasteiger partial charge in [-0.1, -0.05) is 54.6 Å². The minimum atomic E-state index is 0.0203. The largest absolute Gasteiger partial charge is 0.382 e. The number of anilines is 1. The lowest BCUT2D eigenvalue weighted by Crippen LogP contribution is -2.26. The SMILES string of the molecule is Cc1n[nH]c2ccc(-c3cc(NCC(C)(C)Sc4ccccc4)cnc3-c3ccccc3)cc12. The summed E-state index contributed by atoms with van der Waals surface area (Å²) in [6, 6.07) is 29.6. The standard InChI is InChI=1S/C29H28N4S/c1-20-25-16-22(14-15-27(25)33-32-20)26-17-23(18-30-28(26)21-10-6-4-7-11-21)31-19-29(2,3)34-24-12-8-5-9-13-24/h4-18,31H,19H2,1-3H3,(H,32,33). The van der Waals surface area contributed by atoms with E-state index in [2.05, 4.69) is 108 Å². The molecule has 5 heteroatoms. The van der Waals surface area contributed by atoms with Gasteiger partial charge in [0.1, 0.15) is 0 Å². The number of nitrogens with zero attached hydrogens (tertiary/aromatic N) is 2. The topological polar surface area (TPSA) is 53.6 Å². The number of hydrogen-bond donors (Lipinski definition) is 2. The van der Waals surface area contributed by atoms with Crippen LogP contribution in [-0.4, -0.2) is 26.5 Å². The van der Waals surface area contributed by atoms with Crippen molar-refractivity contribution in [2.45, 2.75) is 30.4 Å². The van der Waals surface area contributed by atoms with Crippen LogP contribution in [0.5, 0.6) is 0 Å². The average molecular weight is 465 g/mol. The molecule has 4 nitrogen and oxygen atoms in total. The van der Waals surface area contributed by atoms with Crippen molar-refractivity contribution in [1.29, 1.82) is 0 Å². The second-order valence-corrected chi connectivity index (χ2v) is 10.9. The van der Waals surface area contributed by atoms with Crippen LogP contribution in [0, 0.1) is 6.92 Å². The maximum Gasteiger partial charge on any atom is 0.0781 e. The predicted molar refractivity (Wildman–Crippen MR) is 144 cm³/mol. The number of fused-ring (bicyclic) bond motifs is 1. The van der Waals surface area contributed by atoms with Crippen molar-refractivity contribution in [1.82, 2.24) is 15.2 Å². The number of thioether (sulfide) groups is 1. The van der Waals surface area contributed by atoms with E-state index < -0.39 is 0 Å². The number of aromatic amines is 1. The summed E-state index contributed by atoms with van der Waals surface area (Å²) in [7, 11) is 0. The van der Waals surface area contributed by atoms with Gasteiger partial charge in [0.2, 0.25) is 0 Å². The highest BCUT2D eigenvalue weighted by atomic mass is 32.2. The molecule has 0 aliphatic carbocycles. The van der Waals surface area contributed by atoms with Crippen molar-refractivity contribution in [2.75, 3.05) is 11.9 Å². The molecule has 2 heterocycles. The maximum atomic E-state index is 4.91. The van der Waals surface area contributed by atoms with Gasteiger partial charge < -0.3 is 5.32 Å². The first-order valence-electron chi connectivity index (χ1n) is 11.5. The van der Waals surface area contributed by atoms with E-state index in [0.717, 1.165) is 51.2 Å². The summed E-state index contributed by atoms with van der Waals surface area (Å²) < 4.78 is 0.0203. The number of hydrogen-bond acceptors (Lipinski definition) is 4. The zero-order valence-electron chi connectivity index (χ0n) is 19.7. The number of aromatic nitrogens is 3. The first-order chi connectivity index (χ1) is 16.5. The molecule has 0 bridgehead atoms. The van der Waals surface area contributed by atoms with Crippen molar-refractivity contribution < 1.29 is 0 Å². The summed E-state index contributed by atoms with van der Waals surface area (Å²) in [4.78, 5) is 6.18. The molecule has 34 heavy (non-hydrogen) atoms. The van der Waals surface area contributed by atoms with Crippen LogP contribution in [0.4, 0.5) is 5.69 Å². The van der Waals surface area contributed by atoms with Crippen LogP contribution in [0.2, 0.25) is 0 Å². The molecule has 2 N–H and O–H groups in total. The van der Waals surface area contributed by atoms with Crippen molar-refractivity contribution in [2.24, 2.45) is 0 Å². The maximum absolute atomic E-state index is 4.91. The van der Waals surface area contributed by atoms with Crippen molar-refractivity contribution >= 4 is 28.4 Å². The van der Waals surface area contributed by atoms with Gasteiger partial charge in [0.15, 0.2) is 0 Å². The Hall–Kier alpha value is -3.57. The molecule has 0 saturated heterocycles. The highest BCUT2D eigenvalue weighted by molar-refractivity contribution is 8.00. The highest BCUT2D eigenvalue weighted by Gasteiger charge is 2.20. The van der Waals surface area contributed by atoms with E-state index in [1.54, 1.807) is 0 Å². The summed E-state index contributed by atoms with van der Waals surface area (Å²) in [6.45, 7) is 7.38. The fraction of sp³-hybridized carbons (Fsp3) is 0.172. The molecule has 170 valence electrons. The second-order valence-electron chi connectivity index (χ2n) is 9.08. The Morgan fingerprint density at radius 1 is 0.882 bits per heavy atom. The number of aryl methyl sites for hydroxylation is 1. The summed E-state index contributed by atoms with van der Waals surface area (Å²) in [5.41, 5.74) is 7.37. The zero-order chi connectivity index (χ0) is 23.5.